The molecule has 0 radical (unpaired) electrons. The van der Waals surface area contributed by atoms with Crippen LogP contribution in [0.15, 0.2) is 72.8 Å². The molecule has 2 saturated heterocycles. The summed E-state index contributed by atoms with van der Waals surface area (Å²) >= 11 is 0. The van der Waals surface area contributed by atoms with Crippen molar-refractivity contribution in [2.24, 2.45) is 11.8 Å². The molecule has 4 aliphatic carbocycles. The Morgan fingerprint density at radius 2 is 0.838 bits per heavy atom. The normalized spacial score (nSPS) is 24.6. The number of benzene rings is 3. The highest BCUT2D eigenvalue weighted by Crippen LogP contribution is 2.35. The fourth-order valence-electron chi connectivity index (χ4n) is 13.4. The van der Waals surface area contributed by atoms with Crippen LogP contribution >= 0.6 is 0 Å². The van der Waals surface area contributed by atoms with Crippen molar-refractivity contribution in [3.8, 4) is 0 Å². The highest BCUT2D eigenvalue weighted by molar-refractivity contribution is 5.99. The number of amides is 8. The standard InChI is InChI=1S/C62H84N10O8/c1-37(63-3)55(73)69-53(41-19-7-5-8-20-41)61(79)71-35-45(33-51(71)59(77)67-49-27-15-23-39-17-11-13-25-47(39)49)65-57(75)43-29-31-44(32-30-43)58(76)66-46-34-52(60(78)68-50-28-16-24-40-18-12-14-26-48(40)50)72(36-46)62(80)54(42-21-9-6-10-22-42)70-56(74)38(2)64-4/h11-14,17-18,25-26,29-32,37-38,41-42,45-46,49-54,63-64H,5-10,15-16,19-24,27-28,33-36H2,1-4H3,(H,65,75)(H,66,76)(H,67,77)(H,68,78)(H,69,73)(H,70,74)/t37-,38-,45-,46-,49+,50+,51-,52-,53-,54-/m0/s1. The summed E-state index contributed by atoms with van der Waals surface area (Å²) in [5.41, 5.74) is 5.02. The zero-order chi connectivity index (χ0) is 56.5. The predicted octanol–water partition coefficient (Wildman–Crippen LogP) is 4.82. The minimum Gasteiger partial charge on any atom is -0.347 e. The fraction of sp³-hybridized carbons (Fsp3) is 0.581. The molecule has 0 spiro atoms. The van der Waals surface area contributed by atoms with Crippen LogP contribution in [0.2, 0.25) is 0 Å². The summed E-state index contributed by atoms with van der Waals surface area (Å²) in [6.07, 6.45) is 14.4. The SMILES string of the molecule is CN[C@@H](C)C(=O)N[C@H](C(=O)N1C[C@@H](NC(=O)c2ccc(C(=O)N[C@H]3C[C@@H](C(=O)N[C@@H]4CCCc5ccccc54)N(C(=O)[C@@H](NC(=O)[C@H](C)NC)C4CCCCC4)C3)cc2)C[C@H]1C(=O)N[C@@H]1CCCc2ccccc21)C1CCCCC1. The molecule has 0 bridgehead atoms. The van der Waals surface area contributed by atoms with Crippen LogP contribution in [0.5, 0.6) is 0 Å². The van der Waals surface area contributed by atoms with Crippen LogP contribution in [0.4, 0.5) is 0 Å². The van der Waals surface area contributed by atoms with Gasteiger partial charge in [0, 0.05) is 36.3 Å². The Morgan fingerprint density at radius 3 is 1.21 bits per heavy atom. The first kappa shape index (κ1) is 58.0. The van der Waals surface area contributed by atoms with E-state index in [1.165, 1.54) is 11.1 Å². The molecule has 80 heavy (non-hydrogen) atoms. The van der Waals surface area contributed by atoms with Gasteiger partial charge in [0.05, 0.1) is 24.2 Å². The number of carbonyl (C=O) groups excluding carboxylic acids is 8. The van der Waals surface area contributed by atoms with Crippen molar-refractivity contribution in [2.75, 3.05) is 27.2 Å². The number of hydrogen-bond donors (Lipinski definition) is 8. The molecule has 3 aromatic rings. The third-order valence-electron chi connectivity index (χ3n) is 18.2. The molecule has 8 amide bonds. The van der Waals surface area contributed by atoms with E-state index < -0.39 is 60.1 Å². The monoisotopic (exact) mass is 1100 g/mol. The molecule has 8 N–H and O–H groups in total. The van der Waals surface area contributed by atoms with E-state index in [0.29, 0.717) is 0 Å². The van der Waals surface area contributed by atoms with Crippen LogP contribution in [-0.4, -0.2) is 133 Å². The first-order chi connectivity index (χ1) is 38.7. The third kappa shape index (κ3) is 13.6. The molecule has 2 heterocycles. The summed E-state index contributed by atoms with van der Waals surface area (Å²) in [6.45, 7) is 3.59. The third-order valence-corrected chi connectivity index (χ3v) is 18.2. The average Bonchev–Trinajstić information content (AvgIpc) is 4.12. The van der Waals surface area contributed by atoms with E-state index in [-0.39, 0.29) is 96.4 Å². The van der Waals surface area contributed by atoms with Crippen LogP contribution in [0.25, 0.3) is 0 Å². The average molecular weight is 1100 g/mol. The first-order valence-electron chi connectivity index (χ1n) is 29.8. The topological polar surface area (TPSA) is 239 Å². The second-order valence-electron chi connectivity index (χ2n) is 23.5. The van der Waals surface area contributed by atoms with E-state index in [9.17, 15) is 38.4 Å². The molecule has 10 atom stereocenters. The summed E-state index contributed by atoms with van der Waals surface area (Å²) in [6, 6.07) is 16.1. The zero-order valence-electron chi connectivity index (χ0n) is 47.2. The zero-order valence-corrected chi connectivity index (χ0v) is 47.2. The maximum atomic E-state index is 14.9. The largest absolute Gasteiger partial charge is 0.347 e. The quantitative estimate of drug-likeness (QED) is 0.0865. The highest BCUT2D eigenvalue weighted by Gasteiger charge is 2.47. The number of nitrogens with one attached hydrogen (secondary N) is 8. The van der Waals surface area contributed by atoms with Gasteiger partial charge in [-0.25, -0.2) is 0 Å². The molecule has 2 aliphatic heterocycles. The molecule has 4 fully saturated rings. The lowest BCUT2D eigenvalue weighted by molar-refractivity contribution is -0.143. The lowest BCUT2D eigenvalue weighted by Crippen LogP contribution is -2.58. The summed E-state index contributed by atoms with van der Waals surface area (Å²) in [4.78, 5) is 117. The minimum atomic E-state index is -0.909. The van der Waals surface area contributed by atoms with Crippen molar-refractivity contribution in [3.63, 3.8) is 0 Å². The molecule has 18 heteroatoms. The number of rotatable bonds is 18. The highest BCUT2D eigenvalue weighted by atomic mass is 16.2. The minimum absolute atomic E-state index is 0.0573. The van der Waals surface area contributed by atoms with Crippen molar-refractivity contribution in [1.82, 2.24) is 52.3 Å². The molecule has 9 rings (SSSR count). The number of nitrogens with zero attached hydrogens (tertiary/aromatic N) is 2. The number of carbonyl (C=O) groups is 8. The second-order valence-corrected chi connectivity index (χ2v) is 23.5. The first-order valence-corrected chi connectivity index (χ1v) is 29.8. The Morgan fingerprint density at radius 1 is 0.463 bits per heavy atom. The molecule has 0 unspecified atom stereocenters. The van der Waals surface area contributed by atoms with Gasteiger partial charge in [-0.1, -0.05) is 87.1 Å². The molecule has 18 nitrogen and oxygen atoms in total. The fourth-order valence-corrected chi connectivity index (χ4v) is 13.4. The van der Waals surface area contributed by atoms with E-state index in [1.54, 1.807) is 62.0 Å². The Hall–Kier alpha value is -6.66. The van der Waals surface area contributed by atoms with E-state index in [2.05, 4.69) is 54.7 Å². The van der Waals surface area contributed by atoms with Gasteiger partial charge in [0.15, 0.2) is 0 Å². The van der Waals surface area contributed by atoms with Crippen molar-refractivity contribution in [2.45, 2.75) is 190 Å². The van der Waals surface area contributed by atoms with Gasteiger partial charge in [-0.15, -0.1) is 0 Å². The Kier molecular flexibility index (Phi) is 19.4. The van der Waals surface area contributed by atoms with Gasteiger partial charge in [0.25, 0.3) is 11.8 Å². The van der Waals surface area contributed by atoms with E-state index in [0.717, 1.165) is 114 Å². The number of hydrogen-bond acceptors (Lipinski definition) is 10. The van der Waals surface area contributed by atoms with Gasteiger partial charge in [-0.3, -0.25) is 38.4 Å². The predicted molar refractivity (Wildman–Crippen MR) is 304 cm³/mol. The van der Waals surface area contributed by atoms with Gasteiger partial charge in [0.1, 0.15) is 24.2 Å². The molecular weight excluding hydrogens is 1010 g/mol. The summed E-state index contributed by atoms with van der Waals surface area (Å²) < 4.78 is 0. The van der Waals surface area contributed by atoms with Crippen LogP contribution < -0.4 is 42.5 Å². The molecule has 6 aliphatic rings. The summed E-state index contributed by atoms with van der Waals surface area (Å²) in [7, 11) is 3.38. The number of likely N-dealkylation sites (N-methyl/N-ethyl adjacent to an activating group) is 2. The van der Waals surface area contributed by atoms with Crippen molar-refractivity contribution in [3.05, 3.63) is 106 Å². The van der Waals surface area contributed by atoms with E-state index in [1.807, 2.05) is 36.4 Å². The van der Waals surface area contributed by atoms with Gasteiger partial charge in [-0.2, -0.15) is 0 Å². The van der Waals surface area contributed by atoms with Crippen LogP contribution in [0, 0.1) is 11.8 Å². The summed E-state index contributed by atoms with van der Waals surface area (Å²) in [5.74, 6) is -2.99. The molecule has 2 saturated carbocycles. The molecule has 3 aromatic carbocycles. The van der Waals surface area contributed by atoms with Gasteiger partial charge >= 0.3 is 0 Å². The van der Waals surface area contributed by atoms with Gasteiger partial charge < -0.3 is 52.3 Å². The molecule has 0 aromatic heterocycles. The molecular formula is C62H84N10O8. The van der Waals surface area contributed by atoms with E-state index in [4.69, 9.17) is 0 Å². The lowest BCUT2D eigenvalue weighted by Gasteiger charge is -2.35. The Balaban J connectivity index is 0.896. The maximum absolute atomic E-state index is 14.9. The van der Waals surface area contributed by atoms with E-state index >= 15 is 0 Å². The smallest absolute Gasteiger partial charge is 0.251 e. The second kappa shape index (κ2) is 26.7. The summed E-state index contributed by atoms with van der Waals surface area (Å²) in [5, 5.41) is 24.7. The number of aryl methyl sites for hydroxylation is 2. The van der Waals surface area contributed by atoms with Crippen molar-refractivity contribution in [1.29, 1.82) is 0 Å². The van der Waals surface area contributed by atoms with Crippen LogP contribution in [-0.2, 0) is 41.6 Å². The maximum Gasteiger partial charge on any atom is 0.251 e. The van der Waals surface area contributed by atoms with Crippen LogP contribution in [0.3, 0.4) is 0 Å². The van der Waals surface area contributed by atoms with Gasteiger partial charge in [-0.05, 0) is 163 Å². The number of likely N-dealkylation sites (tertiary alicyclic amines) is 2. The lowest BCUT2D eigenvalue weighted by atomic mass is 9.83. The van der Waals surface area contributed by atoms with Gasteiger partial charge in [0.2, 0.25) is 35.4 Å². The van der Waals surface area contributed by atoms with Crippen molar-refractivity contribution < 1.29 is 38.4 Å². The Labute approximate surface area is 471 Å². The molecule has 430 valence electrons. The number of fused-ring (bicyclic) bond motifs is 2. The van der Waals surface area contributed by atoms with Crippen molar-refractivity contribution >= 4 is 47.3 Å². The van der Waals surface area contributed by atoms with Crippen LogP contribution in [0.1, 0.15) is 172 Å². The Bertz CT molecular complexity index is 2540.